The van der Waals surface area contributed by atoms with E-state index in [-0.39, 0.29) is 29.6 Å². The molecule has 2 amide bonds. The molecule has 0 aromatic carbocycles. The van der Waals surface area contributed by atoms with Crippen LogP contribution in [0.25, 0.3) is 0 Å². The molecule has 2 aromatic heterocycles. The molecule has 4 rings (SSSR count). The molecule has 2 aromatic rings. The van der Waals surface area contributed by atoms with Gasteiger partial charge in [0.25, 0.3) is 0 Å². The third-order valence-electron chi connectivity index (χ3n) is 6.08. The molecular formula is C21H29N5O3S. The summed E-state index contributed by atoms with van der Waals surface area (Å²) < 4.78 is 5.67. The Hall–Kier alpha value is -2.42. The fourth-order valence-electron chi connectivity index (χ4n) is 4.48. The van der Waals surface area contributed by atoms with Gasteiger partial charge in [0.15, 0.2) is 5.82 Å². The van der Waals surface area contributed by atoms with Crippen LogP contribution in [0.2, 0.25) is 0 Å². The Labute approximate surface area is 180 Å². The molecule has 0 radical (unpaired) electrons. The van der Waals surface area contributed by atoms with Crippen molar-refractivity contribution >= 4 is 29.2 Å². The highest BCUT2D eigenvalue weighted by molar-refractivity contribution is 7.11. The van der Waals surface area contributed by atoms with Crippen molar-refractivity contribution in [3.8, 4) is 0 Å². The number of alkyl carbamates (subject to hydrolysis) is 1. The monoisotopic (exact) mass is 431 g/mol. The van der Waals surface area contributed by atoms with E-state index in [0.29, 0.717) is 12.2 Å². The zero-order valence-electron chi connectivity index (χ0n) is 17.5. The van der Waals surface area contributed by atoms with Gasteiger partial charge in [0.05, 0.1) is 11.4 Å². The molecule has 2 heterocycles. The molecule has 0 spiro atoms. The zero-order valence-corrected chi connectivity index (χ0v) is 18.3. The summed E-state index contributed by atoms with van der Waals surface area (Å²) in [6, 6.07) is 1.88. The van der Waals surface area contributed by atoms with E-state index in [2.05, 4.69) is 32.7 Å². The SMILES string of the molecule is Cc1ncc(CC(=O)Nc2cc([C@H]3CC[C@@H](OC(=O)NC4(C)CCCC4)C3)[nH]n2)s1. The maximum absolute atomic E-state index is 12.3. The Bertz CT molecular complexity index is 902. The summed E-state index contributed by atoms with van der Waals surface area (Å²) in [6.07, 6.45) is 8.50. The van der Waals surface area contributed by atoms with Crippen LogP contribution in [0.4, 0.5) is 10.6 Å². The number of carbonyl (C=O) groups excluding carboxylic acids is 2. The first-order valence-corrected chi connectivity index (χ1v) is 11.5. The minimum atomic E-state index is -0.305. The minimum absolute atomic E-state index is 0.0871. The van der Waals surface area contributed by atoms with Crippen molar-refractivity contribution in [1.82, 2.24) is 20.5 Å². The number of nitrogens with one attached hydrogen (secondary N) is 3. The lowest BCUT2D eigenvalue weighted by atomic mass is 10.0. The van der Waals surface area contributed by atoms with Gasteiger partial charge in [-0.25, -0.2) is 9.78 Å². The molecule has 2 aliphatic rings. The van der Waals surface area contributed by atoms with Crippen molar-refractivity contribution in [1.29, 1.82) is 0 Å². The van der Waals surface area contributed by atoms with Gasteiger partial charge in [-0.3, -0.25) is 9.89 Å². The van der Waals surface area contributed by atoms with Gasteiger partial charge in [-0.2, -0.15) is 5.10 Å². The molecule has 9 heteroatoms. The average molecular weight is 432 g/mol. The molecule has 2 saturated carbocycles. The van der Waals surface area contributed by atoms with Crippen molar-refractivity contribution in [2.24, 2.45) is 0 Å². The first-order valence-electron chi connectivity index (χ1n) is 10.6. The molecule has 0 aliphatic heterocycles. The highest BCUT2D eigenvalue weighted by Crippen LogP contribution is 2.36. The maximum atomic E-state index is 12.3. The summed E-state index contributed by atoms with van der Waals surface area (Å²) in [5.74, 6) is 0.654. The predicted octanol–water partition coefficient (Wildman–Crippen LogP) is 4.05. The van der Waals surface area contributed by atoms with Gasteiger partial charge < -0.3 is 15.4 Å². The van der Waals surface area contributed by atoms with E-state index in [0.717, 1.165) is 60.5 Å². The lowest BCUT2D eigenvalue weighted by Crippen LogP contribution is -2.44. The first kappa shape index (κ1) is 20.8. The van der Waals surface area contributed by atoms with Crippen LogP contribution in [0.5, 0.6) is 0 Å². The van der Waals surface area contributed by atoms with Gasteiger partial charge in [-0.15, -0.1) is 11.3 Å². The average Bonchev–Trinajstić information content (AvgIpc) is 3.45. The van der Waals surface area contributed by atoms with Crippen LogP contribution in [0.3, 0.4) is 0 Å². The summed E-state index contributed by atoms with van der Waals surface area (Å²) in [4.78, 5) is 29.6. The third-order valence-corrected chi connectivity index (χ3v) is 6.99. The molecule has 2 fully saturated rings. The summed E-state index contributed by atoms with van der Waals surface area (Å²) in [6.45, 7) is 4.01. The van der Waals surface area contributed by atoms with Crippen LogP contribution in [0, 0.1) is 6.92 Å². The smallest absolute Gasteiger partial charge is 0.407 e. The number of aromatic amines is 1. The Morgan fingerprint density at radius 2 is 2.13 bits per heavy atom. The number of rotatable bonds is 6. The molecular weight excluding hydrogens is 402 g/mol. The lowest BCUT2D eigenvalue weighted by Gasteiger charge is -2.25. The number of amides is 2. The van der Waals surface area contributed by atoms with Crippen LogP contribution < -0.4 is 10.6 Å². The molecule has 2 aliphatic carbocycles. The molecule has 162 valence electrons. The van der Waals surface area contributed by atoms with Crippen molar-refractivity contribution in [3.05, 3.63) is 27.8 Å². The highest BCUT2D eigenvalue weighted by Gasteiger charge is 2.34. The van der Waals surface area contributed by atoms with Crippen molar-refractivity contribution in [2.45, 2.75) is 82.8 Å². The molecule has 2 atom stereocenters. The van der Waals surface area contributed by atoms with E-state index in [9.17, 15) is 9.59 Å². The fourth-order valence-corrected chi connectivity index (χ4v) is 5.27. The topological polar surface area (TPSA) is 109 Å². The Morgan fingerprint density at radius 3 is 2.87 bits per heavy atom. The molecule has 0 unspecified atom stereocenters. The third kappa shape index (κ3) is 5.19. The first-order chi connectivity index (χ1) is 14.4. The van der Waals surface area contributed by atoms with E-state index >= 15 is 0 Å². The van der Waals surface area contributed by atoms with E-state index < -0.39 is 0 Å². The van der Waals surface area contributed by atoms with Gasteiger partial charge >= 0.3 is 6.09 Å². The molecule has 3 N–H and O–H groups in total. The van der Waals surface area contributed by atoms with Crippen molar-refractivity contribution in [3.63, 3.8) is 0 Å². The number of thiazole rings is 1. The zero-order chi connectivity index (χ0) is 21.1. The van der Waals surface area contributed by atoms with Crippen LogP contribution in [0.15, 0.2) is 12.3 Å². The van der Waals surface area contributed by atoms with Gasteiger partial charge in [-0.05, 0) is 46.0 Å². The standard InChI is InChI=1S/C21H29N5O3S/c1-13-22-12-16(30-13)10-19(27)23-18-11-17(25-26-18)14-5-6-15(9-14)29-20(28)24-21(2)7-3-4-8-21/h11-12,14-15H,3-10H2,1-2H3,(H,24,28)(H2,23,25,26,27)/t14-,15+/m0/s1. The number of hydrogen-bond acceptors (Lipinski definition) is 6. The summed E-state index contributed by atoms with van der Waals surface area (Å²) >= 11 is 1.52. The molecule has 0 saturated heterocycles. The van der Waals surface area contributed by atoms with E-state index in [4.69, 9.17) is 4.74 Å². The van der Waals surface area contributed by atoms with E-state index in [1.807, 2.05) is 13.0 Å². The minimum Gasteiger partial charge on any atom is -0.446 e. The summed E-state index contributed by atoms with van der Waals surface area (Å²) in [5, 5.41) is 14.1. The number of ether oxygens (including phenoxy) is 1. The Balaban J connectivity index is 1.25. The van der Waals surface area contributed by atoms with Gasteiger partial charge in [-0.1, -0.05) is 12.8 Å². The number of anilines is 1. The summed E-state index contributed by atoms with van der Waals surface area (Å²) in [5.41, 5.74) is 0.844. The Morgan fingerprint density at radius 1 is 1.33 bits per heavy atom. The van der Waals surface area contributed by atoms with Gasteiger partial charge in [0.1, 0.15) is 6.10 Å². The number of H-pyrrole nitrogens is 1. The van der Waals surface area contributed by atoms with Crippen molar-refractivity contribution in [2.75, 3.05) is 5.32 Å². The Kier molecular flexibility index (Phi) is 6.08. The van der Waals surface area contributed by atoms with Crippen LogP contribution >= 0.6 is 11.3 Å². The molecule has 0 bridgehead atoms. The van der Waals surface area contributed by atoms with Gasteiger partial charge in [0.2, 0.25) is 5.91 Å². The second-order valence-electron chi connectivity index (χ2n) is 8.71. The number of aromatic nitrogens is 3. The molecule has 30 heavy (non-hydrogen) atoms. The number of hydrogen-bond donors (Lipinski definition) is 3. The van der Waals surface area contributed by atoms with E-state index in [1.54, 1.807) is 6.20 Å². The quantitative estimate of drug-likeness (QED) is 0.639. The second-order valence-corrected chi connectivity index (χ2v) is 10.0. The predicted molar refractivity (Wildman–Crippen MR) is 115 cm³/mol. The number of carbonyl (C=O) groups is 2. The second kappa shape index (κ2) is 8.75. The lowest BCUT2D eigenvalue weighted by molar-refractivity contribution is -0.115. The number of aryl methyl sites for hydroxylation is 1. The van der Waals surface area contributed by atoms with Crippen molar-refractivity contribution < 1.29 is 14.3 Å². The van der Waals surface area contributed by atoms with Gasteiger partial charge in [0, 0.05) is 34.3 Å². The fraction of sp³-hybridized carbons (Fsp3) is 0.619. The summed E-state index contributed by atoms with van der Waals surface area (Å²) in [7, 11) is 0. The maximum Gasteiger partial charge on any atom is 0.407 e. The highest BCUT2D eigenvalue weighted by atomic mass is 32.1. The van der Waals surface area contributed by atoms with Crippen LogP contribution in [-0.4, -0.2) is 38.8 Å². The largest absolute Gasteiger partial charge is 0.446 e. The van der Waals surface area contributed by atoms with E-state index in [1.165, 1.54) is 11.3 Å². The molecule has 8 nitrogen and oxygen atoms in total. The van der Waals surface area contributed by atoms with Crippen LogP contribution in [-0.2, 0) is 16.0 Å². The number of nitrogens with zero attached hydrogens (tertiary/aromatic N) is 2. The van der Waals surface area contributed by atoms with Crippen LogP contribution in [0.1, 0.15) is 73.4 Å². The normalized spacial score (nSPS) is 22.7.